The fourth-order valence-corrected chi connectivity index (χ4v) is 3.29. The zero-order valence-electron chi connectivity index (χ0n) is 20.7. The molecule has 14 heteroatoms. The summed E-state index contributed by atoms with van der Waals surface area (Å²) in [5.74, 6) is -3.25. The molecule has 3 atom stereocenters. The molecule has 0 aromatic heterocycles. The molecule has 1 aromatic rings. The van der Waals surface area contributed by atoms with Crippen molar-refractivity contribution in [3.8, 4) is 5.75 Å². The van der Waals surface area contributed by atoms with Gasteiger partial charge in [-0.05, 0) is 49.9 Å². The minimum Gasteiger partial charge on any atom is -0.508 e. The number of guanidine groups is 1. The van der Waals surface area contributed by atoms with E-state index in [-0.39, 0.29) is 31.1 Å². The van der Waals surface area contributed by atoms with Crippen LogP contribution >= 0.6 is 0 Å². The summed E-state index contributed by atoms with van der Waals surface area (Å²) >= 11 is 0. The molecule has 0 bridgehead atoms. The summed E-state index contributed by atoms with van der Waals surface area (Å²) in [6.07, 6.45) is 2.20. The third-order valence-electron chi connectivity index (χ3n) is 5.32. The molecular formula is C23H38N8O6. The van der Waals surface area contributed by atoms with Crippen LogP contribution in [0.2, 0.25) is 0 Å². The number of hydrogen-bond acceptors (Lipinski definition) is 8. The number of nitrogens with zero attached hydrogens (tertiary/aromatic N) is 1. The monoisotopic (exact) mass is 522 g/mol. The molecule has 0 radical (unpaired) electrons. The van der Waals surface area contributed by atoms with Crippen LogP contribution in [0.5, 0.6) is 5.75 Å². The normalized spacial score (nSPS) is 13.0. The Labute approximate surface area is 215 Å². The van der Waals surface area contributed by atoms with Crippen LogP contribution in [0.4, 0.5) is 0 Å². The first-order valence-corrected chi connectivity index (χ1v) is 11.9. The fraction of sp³-hybridized carbons (Fsp3) is 0.522. The lowest BCUT2D eigenvalue weighted by Gasteiger charge is -2.21. The van der Waals surface area contributed by atoms with Crippen LogP contribution in [-0.4, -0.2) is 77.6 Å². The van der Waals surface area contributed by atoms with Gasteiger partial charge in [0.2, 0.25) is 17.7 Å². The van der Waals surface area contributed by atoms with Gasteiger partial charge in [0.1, 0.15) is 17.8 Å². The molecule has 1 aromatic carbocycles. The van der Waals surface area contributed by atoms with E-state index >= 15 is 0 Å². The van der Waals surface area contributed by atoms with E-state index in [9.17, 15) is 29.4 Å². The number of nitrogens with two attached hydrogens (primary N) is 4. The Bertz CT molecular complexity index is 920. The molecule has 0 spiro atoms. The molecule has 3 amide bonds. The number of carboxylic acids is 1. The first-order chi connectivity index (χ1) is 17.5. The topological polar surface area (TPSA) is 261 Å². The van der Waals surface area contributed by atoms with Crippen molar-refractivity contribution in [2.45, 2.75) is 56.7 Å². The summed E-state index contributed by atoms with van der Waals surface area (Å²) < 4.78 is 0. The van der Waals surface area contributed by atoms with E-state index in [0.29, 0.717) is 37.8 Å². The molecule has 206 valence electrons. The van der Waals surface area contributed by atoms with Gasteiger partial charge < -0.3 is 49.1 Å². The molecule has 0 saturated heterocycles. The van der Waals surface area contributed by atoms with Gasteiger partial charge in [-0.3, -0.25) is 19.4 Å². The highest BCUT2D eigenvalue weighted by molar-refractivity contribution is 5.92. The number of amides is 3. The highest BCUT2D eigenvalue weighted by Crippen LogP contribution is 2.12. The first-order valence-electron chi connectivity index (χ1n) is 11.9. The van der Waals surface area contributed by atoms with Crippen molar-refractivity contribution in [2.24, 2.45) is 27.9 Å². The Hall–Kier alpha value is -3.91. The van der Waals surface area contributed by atoms with Crippen LogP contribution in [0, 0.1) is 0 Å². The Morgan fingerprint density at radius 1 is 0.919 bits per heavy atom. The number of aliphatic imine (C=N–C) groups is 1. The molecule has 0 aliphatic rings. The summed E-state index contributed by atoms with van der Waals surface area (Å²) in [7, 11) is 0. The van der Waals surface area contributed by atoms with Gasteiger partial charge >= 0.3 is 5.97 Å². The second kappa shape index (κ2) is 16.7. The molecule has 0 fully saturated rings. The fourth-order valence-electron chi connectivity index (χ4n) is 3.29. The SMILES string of the molecule is NCCCCC(N)C(=O)NC(Cc1ccc(O)cc1)C(=O)NCC(=O)NC(CCCN=C(N)N)C(=O)O. The molecule has 0 heterocycles. The largest absolute Gasteiger partial charge is 0.508 e. The van der Waals surface area contributed by atoms with Gasteiger partial charge in [0.05, 0.1) is 12.6 Å². The van der Waals surface area contributed by atoms with Gasteiger partial charge in [-0.1, -0.05) is 18.6 Å². The first kappa shape index (κ1) is 31.1. The third kappa shape index (κ3) is 13.1. The maximum Gasteiger partial charge on any atom is 0.326 e. The number of nitrogens with one attached hydrogen (secondary N) is 3. The van der Waals surface area contributed by atoms with Crippen molar-refractivity contribution in [3.05, 3.63) is 29.8 Å². The van der Waals surface area contributed by atoms with E-state index in [4.69, 9.17) is 22.9 Å². The van der Waals surface area contributed by atoms with E-state index in [1.165, 1.54) is 12.1 Å². The average Bonchev–Trinajstić information content (AvgIpc) is 2.84. The zero-order valence-corrected chi connectivity index (χ0v) is 20.7. The minimum absolute atomic E-state index is 0.0404. The quantitative estimate of drug-likeness (QED) is 0.0595. The Morgan fingerprint density at radius 3 is 2.19 bits per heavy atom. The van der Waals surface area contributed by atoms with E-state index in [0.717, 1.165) is 0 Å². The molecular weight excluding hydrogens is 484 g/mol. The Balaban J connectivity index is 2.76. The number of benzene rings is 1. The summed E-state index contributed by atoms with van der Waals surface area (Å²) in [5, 5.41) is 26.2. The Morgan fingerprint density at radius 2 is 1.59 bits per heavy atom. The molecule has 1 rings (SSSR count). The number of phenolic OH excluding ortho intramolecular Hbond substituents is 1. The highest BCUT2D eigenvalue weighted by Gasteiger charge is 2.25. The molecule has 0 saturated carbocycles. The summed E-state index contributed by atoms with van der Waals surface area (Å²) in [6.45, 7) is 0.161. The second-order valence-corrected chi connectivity index (χ2v) is 8.45. The zero-order chi connectivity index (χ0) is 27.8. The van der Waals surface area contributed by atoms with Gasteiger partial charge in [0.25, 0.3) is 0 Å². The number of rotatable bonds is 17. The second-order valence-electron chi connectivity index (χ2n) is 8.45. The number of unbranched alkanes of at least 4 members (excludes halogenated alkanes) is 1. The predicted octanol–water partition coefficient (Wildman–Crippen LogP) is -2.38. The van der Waals surface area contributed by atoms with Crippen LogP contribution in [0.1, 0.15) is 37.7 Å². The highest BCUT2D eigenvalue weighted by atomic mass is 16.4. The van der Waals surface area contributed by atoms with E-state index in [1.54, 1.807) is 12.1 Å². The van der Waals surface area contributed by atoms with Crippen molar-refractivity contribution in [1.29, 1.82) is 0 Å². The number of carbonyl (C=O) groups excluding carboxylic acids is 3. The van der Waals surface area contributed by atoms with Crippen LogP contribution in [0.15, 0.2) is 29.3 Å². The van der Waals surface area contributed by atoms with Crippen LogP contribution in [0.25, 0.3) is 0 Å². The molecule has 0 aliphatic carbocycles. The molecule has 3 unspecified atom stereocenters. The van der Waals surface area contributed by atoms with Gasteiger partial charge in [-0.25, -0.2) is 4.79 Å². The van der Waals surface area contributed by atoms with Gasteiger partial charge in [0, 0.05) is 13.0 Å². The number of hydrogen-bond donors (Lipinski definition) is 9. The maximum absolute atomic E-state index is 12.9. The molecule has 0 aliphatic heterocycles. The summed E-state index contributed by atoms with van der Waals surface area (Å²) in [5.41, 5.74) is 22.5. The molecule has 14 nitrogen and oxygen atoms in total. The average molecular weight is 523 g/mol. The predicted molar refractivity (Wildman–Crippen MR) is 137 cm³/mol. The number of aliphatic carboxylic acids is 1. The number of aromatic hydroxyl groups is 1. The van der Waals surface area contributed by atoms with E-state index < -0.39 is 48.4 Å². The minimum atomic E-state index is -1.24. The van der Waals surface area contributed by atoms with Gasteiger partial charge in [-0.2, -0.15) is 0 Å². The number of phenols is 1. The van der Waals surface area contributed by atoms with Crippen molar-refractivity contribution in [1.82, 2.24) is 16.0 Å². The van der Waals surface area contributed by atoms with Crippen molar-refractivity contribution in [2.75, 3.05) is 19.6 Å². The van der Waals surface area contributed by atoms with Crippen LogP contribution in [-0.2, 0) is 25.6 Å². The van der Waals surface area contributed by atoms with Crippen LogP contribution < -0.4 is 38.9 Å². The van der Waals surface area contributed by atoms with Crippen molar-refractivity contribution < 1.29 is 29.4 Å². The number of carbonyl (C=O) groups is 4. The van der Waals surface area contributed by atoms with E-state index in [1.807, 2.05) is 0 Å². The summed E-state index contributed by atoms with van der Waals surface area (Å²) in [6, 6.07) is 2.96. The lowest BCUT2D eigenvalue weighted by molar-refractivity contribution is -0.142. The molecule has 13 N–H and O–H groups in total. The maximum atomic E-state index is 12.9. The lowest BCUT2D eigenvalue weighted by atomic mass is 10.0. The smallest absolute Gasteiger partial charge is 0.326 e. The lowest BCUT2D eigenvalue weighted by Crippen LogP contribution is -2.54. The Kier molecular flexibility index (Phi) is 14.1. The van der Waals surface area contributed by atoms with Crippen molar-refractivity contribution in [3.63, 3.8) is 0 Å². The number of carboxylic acid groups (broad SMARTS) is 1. The van der Waals surface area contributed by atoms with Crippen molar-refractivity contribution >= 4 is 29.7 Å². The summed E-state index contributed by atoms with van der Waals surface area (Å²) in [4.78, 5) is 52.9. The standard InChI is InChI=1S/C23H38N8O6/c24-10-2-1-4-16(25)20(34)31-18(12-14-6-8-15(32)9-7-14)21(35)29-13-19(33)30-17(22(36)37)5-3-11-28-23(26)27/h6-9,16-18,32H,1-5,10-13,24-25H2,(H,29,35)(H,30,33)(H,31,34)(H,36,37)(H4,26,27,28). The van der Waals surface area contributed by atoms with Gasteiger partial charge in [-0.15, -0.1) is 0 Å². The third-order valence-corrected chi connectivity index (χ3v) is 5.32. The van der Waals surface area contributed by atoms with Crippen LogP contribution in [0.3, 0.4) is 0 Å². The van der Waals surface area contributed by atoms with E-state index in [2.05, 4.69) is 20.9 Å². The molecule has 37 heavy (non-hydrogen) atoms. The van der Waals surface area contributed by atoms with Gasteiger partial charge in [0.15, 0.2) is 5.96 Å².